The minimum absolute atomic E-state index is 0.0391. The van der Waals surface area contributed by atoms with Crippen LogP contribution in [0.3, 0.4) is 0 Å². The average molecular weight is 510 g/mol. The van der Waals surface area contributed by atoms with Gasteiger partial charge in [-0.2, -0.15) is 13.2 Å². The van der Waals surface area contributed by atoms with Crippen molar-refractivity contribution in [2.24, 2.45) is 0 Å². The lowest BCUT2D eigenvalue weighted by Crippen LogP contribution is -2.11. The van der Waals surface area contributed by atoms with Crippen LogP contribution in [0, 0.1) is 0 Å². The number of aromatic nitrogens is 4. The second kappa shape index (κ2) is 9.50. The molecule has 5 aromatic rings. The maximum atomic E-state index is 12.9. The first-order valence-corrected chi connectivity index (χ1v) is 11.3. The third-order valence-corrected chi connectivity index (χ3v) is 5.82. The molecule has 0 saturated carbocycles. The van der Waals surface area contributed by atoms with E-state index in [2.05, 4.69) is 15.0 Å². The molecule has 3 heterocycles. The molecule has 0 spiro atoms. The molecule has 2 N–H and O–H groups in total. The number of hydrogen-bond donors (Lipinski definition) is 1. The number of hydrogen-bond acceptors (Lipinski definition) is 5. The average Bonchev–Trinajstić information content (AvgIpc) is 3.35. The van der Waals surface area contributed by atoms with Gasteiger partial charge in [0.1, 0.15) is 12.3 Å². The van der Waals surface area contributed by atoms with Gasteiger partial charge in [-0.3, -0.25) is 4.98 Å². The summed E-state index contributed by atoms with van der Waals surface area (Å²) in [4.78, 5) is 13.6. The smallest absolute Gasteiger partial charge is 0.417 e. The van der Waals surface area contributed by atoms with Gasteiger partial charge in [-0.25, -0.2) is 9.97 Å². The van der Waals surface area contributed by atoms with E-state index >= 15 is 0 Å². The van der Waals surface area contributed by atoms with E-state index in [0.29, 0.717) is 27.5 Å². The molecule has 5 rings (SSSR count). The van der Waals surface area contributed by atoms with Gasteiger partial charge >= 0.3 is 6.18 Å². The number of fused-ring (bicyclic) bond motifs is 1. The summed E-state index contributed by atoms with van der Waals surface area (Å²) >= 11 is 6.52. The van der Waals surface area contributed by atoms with Crippen LogP contribution >= 0.6 is 11.6 Å². The molecule has 6 nitrogen and oxygen atoms in total. The zero-order valence-corrected chi connectivity index (χ0v) is 19.5. The monoisotopic (exact) mass is 509 g/mol. The van der Waals surface area contributed by atoms with Crippen LogP contribution in [0.5, 0.6) is 5.88 Å². The van der Waals surface area contributed by atoms with Crippen LogP contribution in [-0.2, 0) is 12.7 Å². The fraction of sp³-hybridized carbons (Fsp3) is 0.115. The van der Waals surface area contributed by atoms with Crippen LogP contribution in [0.15, 0.2) is 79.3 Å². The van der Waals surface area contributed by atoms with Gasteiger partial charge in [-0.1, -0.05) is 48.0 Å². The standard InChI is InChI=1S/C26H19ClF3N5O/c27-20-14-18(13-17-7-4-9-32-21(17)20)23-22(16-5-2-1-3-6-16)33-24(31)25(34-23)36-12-11-35-10-8-19(15-35)26(28,29)30/h1-10,13-15H,11-12H2,(H2,31,33). The molecule has 0 unspecified atom stereocenters. The van der Waals surface area contributed by atoms with Gasteiger partial charge in [0.2, 0.25) is 0 Å². The lowest BCUT2D eigenvalue weighted by molar-refractivity contribution is -0.137. The van der Waals surface area contributed by atoms with Crippen molar-refractivity contribution in [2.45, 2.75) is 12.7 Å². The number of nitrogens with two attached hydrogens (primary N) is 1. The molecule has 0 fully saturated rings. The number of nitrogens with zero attached hydrogens (tertiary/aromatic N) is 4. The SMILES string of the molecule is Nc1nc(-c2ccccc2)c(-c2cc(Cl)c3ncccc3c2)nc1OCCn1ccc(C(F)(F)F)c1. The minimum atomic E-state index is -4.40. The maximum Gasteiger partial charge on any atom is 0.417 e. The number of pyridine rings is 1. The summed E-state index contributed by atoms with van der Waals surface area (Å²) < 4.78 is 45.7. The Kier molecular flexibility index (Phi) is 6.24. The van der Waals surface area contributed by atoms with E-state index < -0.39 is 11.7 Å². The number of nitrogen functional groups attached to an aromatic ring is 1. The highest BCUT2D eigenvalue weighted by Crippen LogP contribution is 2.36. The lowest BCUT2D eigenvalue weighted by atomic mass is 10.0. The van der Waals surface area contributed by atoms with Crippen molar-refractivity contribution in [3.8, 4) is 28.4 Å². The topological polar surface area (TPSA) is 78.8 Å². The van der Waals surface area contributed by atoms with Gasteiger partial charge in [0.15, 0.2) is 5.82 Å². The highest BCUT2D eigenvalue weighted by molar-refractivity contribution is 6.35. The van der Waals surface area contributed by atoms with Crippen LogP contribution in [0.1, 0.15) is 5.56 Å². The first-order valence-electron chi connectivity index (χ1n) is 10.9. The van der Waals surface area contributed by atoms with E-state index in [9.17, 15) is 13.2 Å². The summed E-state index contributed by atoms with van der Waals surface area (Å²) in [7, 11) is 0. The number of alkyl halides is 3. The molecule has 2 aromatic carbocycles. The van der Waals surface area contributed by atoms with E-state index in [1.807, 2.05) is 48.5 Å². The van der Waals surface area contributed by atoms with E-state index in [-0.39, 0.29) is 24.8 Å². The van der Waals surface area contributed by atoms with Crippen molar-refractivity contribution in [2.75, 3.05) is 12.3 Å². The first-order chi connectivity index (χ1) is 17.3. The van der Waals surface area contributed by atoms with Crippen LogP contribution in [-0.4, -0.2) is 26.1 Å². The van der Waals surface area contributed by atoms with Crippen molar-refractivity contribution >= 4 is 28.3 Å². The second-order valence-corrected chi connectivity index (χ2v) is 8.40. The predicted molar refractivity (Wildman–Crippen MR) is 133 cm³/mol. The lowest BCUT2D eigenvalue weighted by Gasteiger charge is -2.14. The Balaban J connectivity index is 1.50. The molecular formula is C26H19ClF3N5O. The Bertz CT molecular complexity index is 1540. The molecule has 0 radical (unpaired) electrons. The number of anilines is 1. The zero-order chi connectivity index (χ0) is 25.3. The summed E-state index contributed by atoms with van der Waals surface area (Å²) in [5.74, 6) is 0.143. The Morgan fingerprint density at radius 3 is 2.47 bits per heavy atom. The fourth-order valence-corrected chi connectivity index (χ4v) is 4.09. The van der Waals surface area contributed by atoms with Crippen LogP contribution in [0.25, 0.3) is 33.4 Å². The van der Waals surface area contributed by atoms with Crippen molar-refractivity contribution in [1.82, 2.24) is 19.5 Å². The summed E-state index contributed by atoms with van der Waals surface area (Å²) in [5.41, 5.74) is 8.65. The van der Waals surface area contributed by atoms with Gasteiger partial charge in [0.25, 0.3) is 5.88 Å². The van der Waals surface area contributed by atoms with E-state index in [1.54, 1.807) is 12.3 Å². The van der Waals surface area contributed by atoms with E-state index in [0.717, 1.165) is 23.2 Å². The van der Waals surface area contributed by atoms with Gasteiger partial charge in [0, 0.05) is 35.1 Å². The number of halogens is 4. The quantitative estimate of drug-likeness (QED) is 0.283. The van der Waals surface area contributed by atoms with Gasteiger partial charge in [-0.05, 0) is 24.3 Å². The molecule has 3 aromatic heterocycles. The minimum Gasteiger partial charge on any atom is -0.473 e. The van der Waals surface area contributed by atoms with Crippen LogP contribution in [0.2, 0.25) is 5.02 Å². The Morgan fingerprint density at radius 1 is 0.944 bits per heavy atom. The highest BCUT2D eigenvalue weighted by atomic mass is 35.5. The second-order valence-electron chi connectivity index (χ2n) is 7.99. The predicted octanol–water partition coefficient (Wildman–Crippen LogP) is 6.49. The Morgan fingerprint density at radius 2 is 1.72 bits per heavy atom. The van der Waals surface area contributed by atoms with Crippen LogP contribution < -0.4 is 10.5 Å². The molecule has 0 amide bonds. The summed E-state index contributed by atoms with van der Waals surface area (Å²) in [6, 6.07) is 17.8. The number of ether oxygens (including phenoxy) is 1. The summed E-state index contributed by atoms with van der Waals surface area (Å²) in [6.45, 7) is 0.206. The molecular weight excluding hydrogens is 491 g/mol. The third-order valence-electron chi connectivity index (χ3n) is 5.53. The van der Waals surface area contributed by atoms with Crippen molar-refractivity contribution in [3.05, 3.63) is 89.8 Å². The molecule has 0 atom stereocenters. The van der Waals surface area contributed by atoms with Gasteiger partial charge in [-0.15, -0.1) is 0 Å². The first kappa shape index (κ1) is 23.6. The highest BCUT2D eigenvalue weighted by Gasteiger charge is 2.31. The molecule has 10 heteroatoms. The largest absolute Gasteiger partial charge is 0.473 e. The molecule has 0 aliphatic carbocycles. The van der Waals surface area contributed by atoms with Crippen LogP contribution in [0.4, 0.5) is 19.0 Å². The normalized spacial score (nSPS) is 11.7. The third kappa shape index (κ3) is 4.83. The number of rotatable bonds is 6. The molecule has 182 valence electrons. The fourth-order valence-electron chi connectivity index (χ4n) is 3.82. The molecule has 0 aliphatic heterocycles. The van der Waals surface area contributed by atoms with E-state index in [4.69, 9.17) is 22.1 Å². The summed E-state index contributed by atoms with van der Waals surface area (Å²) in [6.07, 6.45) is -0.370. The molecule has 0 saturated heterocycles. The molecule has 0 bridgehead atoms. The summed E-state index contributed by atoms with van der Waals surface area (Å²) in [5, 5.41) is 1.28. The van der Waals surface area contributed by atoms with E-state index in [1.165, 1.54) is 10.8 Å². The number of benzene rings is 2. The van der Waals surface area contributed by atoms with Crippen molar-refractivity contribution < 1.29 is 17.9 Å². The van der Waals surface area contributed by atoms with Crippen molar-refractivity contribution in [3.63, 3.8) is 0 Å². The maximum absolute atomic E-state index is 12.9. The van der Waals surface area contributed by atoms with Gasteiger partial charge < -0.3 is 15.0 Å². The Hall–Kier alpha value is -4.11. The van der Waals surface area contributed by atoms with Crippen molar-refractivity contribution in [1.29, 1.82) is 0 Å². The van der Waals surface area contributed by atoms with Gasteiger partial charge in [0.05, 0.1) is 28.3 Å². The molecule has 0 aliphatic rings. The zero-order valence-electron chi connectivity index (χ0n) is 18.7. The Labute approximate surface area is 209 Å². The molecule has 36 heavy (non-hydrogen) atoms.